The Bertz CT molecular complexity index is 446. The topological polar surface area (TPSA) is 44.8 Å². The molecule has 0 amide bonds. The molecule has 0 saturated heterocycles. The summed E-state index contributed by atoms with van der Waals surface area (Å²) in [4.78, 5) is 12.7. The minimum atomic E-state index is -1.34. The van der Waals surface area contributed by atoms with Gasteiger partial charge in [-0.3, -0.25) is 0 Å². The quantitative estimate of drug-likeness (QED) is 0.0655. The zero-order valence-electron chi connectivity index (χ0n) is 22.7. The van der Waals surface area contributed by atoms with E-state index in [4.69, 9.17) is 26.5 Å². The molecule has 33 heavy (non-hydrogen) atoms. The van der Waals surface area contributed by atoms with Crippen LogP contribution in [0.4, 0.5) is 0 Å². The first kappa shape index (κ1) is 33.0. The summed E-state index contributed by atoms with van der Waals surface area (Å²) in [5.41, 5.74) is 0. The summed E-state index contributed by atoms with van der Waals surface area (Å²) >= 11 is 4.92. The molecule has 0 aromatic carbocycles. The van der Waals surface area contributed by atoms with Gasteiger partial charge in [-0.15, -0.1) is 0 Å². The van der Waals surface area contributed by atoms with Gasteiger partial charge in [0, 0.05) is 25.4 Å². The van der Waals surface area contributed by atoms with E-state index in [1.54, 1.807) is 14.2 Å². The molecule has 2 atom stereocenters. The zero-order valence-corrected chi connectivity index (χ0v) is 25.6. The molecule has 0 bridgehead atoms. The number of hydrogen-bond acceptors (Lipinski definition) is 5. The molecular weight excluding hydrogens is 448 g/mol. The van der Waals surface area contributed by atoms with Gasteiger partial charge in [-0.25, -0.2) is 4.79 Å². The molecule has 0 aromatic rings. The lowest BCUT2D eigenvalue weighted by Crippen LogP contribution is -2.53. The van der Waals surface area contributed by atoms with Gasteiger partial charge in [0.2, 0.25) is 10.5 Å². The Labute approximate surface area is 214 Å². The molecule has 0 N–H and O–H groups in total. The van der Waals surface area contributed by atoms with Crippen molar-refractivity contribution in [1.29, 1.82) is 0 Å². The van der Waals surface area contributed by atoms with Crippen molar-refractivity contribution < 1.29 is 18.7 Å². The Morgan fingerprint density at radius 3 is 1.45 bits per heavy atom. The second-order valence-electron chi connectivity index (χ2n) is 9.62. The van der Waals surface area contributed by atoms with E-state index >= 15 is 0 Å². The predicted octanol–water partition coefficient (Wildman–Crippen LogP) is 7.17. The molecule has 0 spiro atoms. The van der Waals surface area contributed by atoms with Gasteiger partial charge in [-0.05, 0) is 12.8 Å². The van der Waals surface area contributed by atoms with Gasteiger partial charge in [0.25, 0.3) is 5.79 Å². The zero-order chi connectivity index (χ0) is 24.8. The number of carbonyl (C=O) groups is 1. The smallest absolute Gasteiger partial charge is 0.353 e. The second kappa shape index (κ2) is 22.4. The molecule has 0 fully saturated rings. The van der Waals surface area contributed by atoms with Gasteiger partial charge in [-0.1, -0.05) is 123 Å². The second-order valence-corrected chi connectivity index (χ2v) is 10.7. The van der Waals surface area contributed by atoms with Crippen LogP contribution in [0.3, 0.4) is 0 Å². The number of rotatable bonds is 24. The van der Waals surface area contributed by atoms with Crippen LogP contribution < -0.4 is 0 Å². The molecular formula is C27H56O4SSi. The van der Waals surface area contributed by atoms with Crippen molar-refractivity contribution >= 4 is 29.1 Å². The van der Waals surface area contributed by atoms with Crippen molar-refractivity contribution in [3.63, 3.8) is 0 Å². The summed E-state index contributed by atoms with van der Waals surface area (Å²) in [6.45, 7) is 4.50. The number of methoxy groups -OCH3 is 2. The number of hydrogen-bond donors (Lipinski definition) is 1. The van der Waals surface area contributed by atoms with E-state index < -0.39 is 11.8 Å². The monoisotopic (exact) mass is 504 g/mol. The van der Waals surface area contributed by atoms with E-state index in [-0.39, 0.29) is 11.2 Å². The van der Waals surface area contributed by atoms with Crippen LogP contribution >= 0.6 is 12.6 Å². The van der Waals surface area contributed by atoms with Gasteiger partial charge < -0.3 is 13.9 Å². The van der Waals surface area contributed by atoms with Crippen molar-refractivity contribution in [2.45, 2.75) is 147 Å². The Kier molecular flexibility index (Phi) is 22.4. The lowest BCUT2D eigenvalue weighted by Gasteiger charge is -2.38. The van der Waals surface area contributed by atoms with Gasteiger partial charge in [-0.2, -0.15) is 12.6 Å². The van der Waals surface area contributed by atoms with E-state index in [9.17, 15) is 4.79 Å². The van der Waals surface area contributed by atoms with Crippen molar-refractivity contribution in [3.8, 4) is 0 Å². The summed E-state index contributed by atoms with van der Waals surface area (Å²) in [5.74, 6) is -1.84. The molecule has 0 rings (SSSR count). The van der Waals surface area contributed by atoms with Crippen LogP contribution in [0.15, 0.2) is 0 Å². The van der Waals surface area contributed by atoms with Crippen molar-refractivity contribution in [3.05, 3.63) is 0 Å². The van der Waals surface area contributed by atoms with Crippen LogP contribution in [-0.2, 0) is 18.7 Å². The van der Waals surface area contributed by atoms with Crippen molar-refractivity contribution in [2.75, 3.05) is 14.2 Å². The number of thiol groups is 1. The summed E-state index contributed by atoms with van der Waals surface area (Å²) in [6, 6.07) is 0. The maximum Gasteiger partial charge on any atom is 0.353 e. The highest BCUT2D eigenvalue weighted by Crippen LogP contribution is 2.36. The molecule has 0 saturated carbocycles. The molecule has 0 radical (unpaired) electrons. The fourth-order valence-electron chi connectivity index (χ4n) is 4.85. The maximum atomic E-state index is 12.7. The Morgan fingerprint density at radius 1 is 0.697 bits per heavy atom. The predicted molar refractivity (Wildman–Crippen MR) is 148 cm³/mol. The lowest BCUT2D eigenvalue weighted by atomic mass is 9.86. The molecule has 0 heterocycles. The van der Waals surface area contributed by atoms with Crippen molar-refractivity contribution in [1.82, 2.24) is 0 Å². The molecule has 2 unspecified atom stereocenters. The maximum absolute atomic E-state index is 12.7. The third-order valence-electron chi connectivity index (χ3n) is 7.00. The Morgan fingerprint density at radius 2 is 1.06 bits per heavy atom. The highest BCUT2D eigenvalue weighted by molar-refractivity contribution is 7.81. The van der Waals surface area contributed by atoms with Gasteiger partial charge in [0.1, 0.15) is 0 Å². The molecule has 198 valence electrons. The first-order valence-electron chi connectivity index (χ1n) is 13.9. The minimum Gasteiger partial charge on any atom is -0.525 e. The lowest BCUT2D eigenvalue weighted by molar-refractivity contribution is -0.245. The normalized spacial score (nSPS) is 13.8. The van der Waals surface area contributed by atoms with Crippen LogP contribution in [0.25, 0.3) is 0 Å². The molecule has 0 aromatic heterocycles. The minimum absolute atomic E-state index is 0.0554. The fourth-order valence-corrected chi connectivity index (χ4v) is 5.66. The SMILES string of the molecule is CCCCCCCCCCCCCCCC(C(S)CCCCCC)C(OC)(OC)C(=O)O[SiH3]. The molecule has 6 heteroatoms. The third-order valence-corrected chi connectivity index (χ3v) is 7.99. The highest BCUT2D eigenvalue weighted by atomic mass is 32.1. The summed E-state index contributed by atoms with van der Waals surface area (Å²) in [7, 11) is 3.43. The van der Waals surface area contributed by atoms with Gasteiger partial charge in [0.15, 0.2) is 0 Å². The van der Waals surface area contributed by atoms with Crippen LogP contribution in [0.5, 0.6) is 0 Å². The average molecular weight is 505 g/mol. The highest BCUT2D eigenvalue weighted by Gasteiger charge is 2.49. The van der Waals surface area contributed by atoms with Gasteiger partial charge in [0.05, 0.1) is 0 Å². The van der Waals surface area contributed by atoms with Crippen LogP contribution in [0.1, 0.15) is 136 Å². The summed E-state index contributed by atoms with van der Waals surface area (Å²) < 4.78 is 16.6. The number of unbranched alkanes of at least 4 members (excludes halogenated alkanes) is 15. The van der Waals surface area contributed by atoms with Crippen LogP contribution in [0.2, 0.25) is 0 Å². The Hall–Kier alpha value is -0.0431. The van der Waals surface area contributed by atoms with E-state index in [0.29, 0.717) is 10.5 Å². The number of carbonyl (C=O) groups excluding carboxylic acids is 1. The van der Waals surface area contributed by atoms with E-state index in [2.05, 4.69) is 13.8 Å². The van der Waals surface area contributed by atoms with E-state index in [1.165, 1.54) is 96.3 Å². The van der Waals surface area contributed by atoms with Crippen molar-refractivity contribution in [2.24, 2.45) is 5.92 Å². The van der Waals surface area contributed by atoms with Crippen LogP contribution in [0, 0.1) is 5.92 Å². The van der Waals surface area contributed by atoms with Crippen LogP contribution in [-0.4, -0.2) is 41.7 Å². The van der Waals surface area contributed by atoms with Gasteiger partial charge >= 0.3 is 5.97 Å². The molecule has 0 aliphatic heterocycles. The average Bonchev–Trinajstić information content (AvgIpc) is 2.83. The molecule has 4 nitrogen and oxygen atoms in total. The molecule has 0 aliphatic carbocycles. The first-order valence-corrected chi connectivity index (χ1v) is 15.2. The molecule has 0 aliphatic rings. The van der Waals surface area contributed by atoms with E-state index in [0.717, 1.165) is 25.7 Å². The summed E-state index contributed by atoms with van der Waals surface area (Å²) in [6.07, 6.45) is 23.9. The summed E-state index contributed by atoms with van der Waals surface area (Å²) in [5, 5.41) is 0.0554. The Balaban J connectivity index is 4.41. The largest absolute Gasteiger partial charge is 0.525 e. The first-order chi connectivity index (χ1) is 16.0. The number of ether oxygens (including phenoxy) is 2. The van der Waals surface area contributed by atoms with E-state index in [1.807, 2.05) is 0 Å². The fraction of sp³-hybridized carbons (Fsp3) is 0.963. The third kappa shape index (κ3) is 14.2. The standard InChI is InChI=1S/C27H56O4SSi/c1-5-7-9-11-12-13-14-15-16-17-18-19-20-22-24(25(32)23-21-10-8-6-2)27(29-3,30-4)26(28)31-33/h24-25,32H,5-23H2,1-4,33H3.